The van der Waals surface area contributed by atoms with Gasteiger partial charge in [-0.2, -0.15) is 0 Å². The van der Waals surface area contributed by atoms with E-state index in [4.69, 9.17) is 5.11 Å². The second-order valence-corrected chi connectivity index (χ2v) is 6.05. The molecule has 6 nitrogen and oxygen atoms in total. The summed E-state index contributed by atoms with van der Waals surface area (Å²) in [5.41, 5.74) is 0. The first kappa shape index (κ1) is 17.8. The third-order valence-corrected chi connectivity index (χ3v) is 4.09. The van der Waals surface area contributed by atoms with Crippen LogP contribution >= 0.6 is 0 Å². The van der Waals surface area contributed by atoms with Gasteiger partial charge in [0.05, 0.1) is 0 Å². The molecule has 1 atom stereocenters. The SMILES string of the molecule is CC(C)C(CCNC(=O)N1CCCNCC1)CCC(=O)O. The van der Waals surface area contributed by atoms with Crippen molar-refractivity contribution in [3.63, 3.8) is 0 Å². The Hall–Kier alpha value is -1.30. The number of carbonyl (C=O) groups is 2. The van der Waals surface area contributed by atoms with Crippen molar-refractivity contribution in [2.75, 3.05) is 32.7 Å². The normalized spacial score (nSPS) is 17.4. The number of carbonyl (C=O) groups excluding carboxylic acids is 1. The summed E-state index contributed by atoms with van der Waals surface area (Å²) in [5.74, 6) is 0.0255. The molecule has 1 saturated heterocycles. The van der Waals surface area contributed by atoms with Crippen LogP contribution < -0.4 is 10.6 Å². The number of rotatable bonds is 7. The fourth-order valence-electron chi connectivity index (χ4n) is 2.65. The van der Waals surface area contributed by atoms with E-state index in [1.807, 2.05) is 4.90 Å². The van der Waals surface area contributed by atoms with Crippen molar-refractivity contribution >= 4 is 12.0 Å². The number of amides is 2. The van der Waals surface area contributed by atoms with Crippen LogP contribution in [0.1, 0.15) is 39.5 Å². The van der Waals surface area contributed by atoms with Gasteiger partial charge in [0, 0.05) is 32.6 Å². The predicted octanol–water partition coefficient (Wildman–Crippen LogP) is 1.52. The van der Waals surface area contributed by atoms with Gasteiger partial charge in [-0.1, -0.05) is 13.8 Å². The Labute approximate surface area is 127 Å². The van der Waals surface area contributed by atoms with Crippen LogP contribution in [0.4, 0.5) is 4.79 Å². The summed E-state index contributed by atoms with van der Waals surface area (Å²) in [6.45, 7) is 8.19. The Bertz CT molecular complexity index is 326. The second-order valence-electron chi connectivity index (χ2n) is 6.05. The van der Waals surface area contributed by atoms with Crippen molar-refractivity contribution in [2.24, 2.45) is 11.8 Å². The summed E-state index contributed by atoms with van der Waals surface area (Å²) in [4.78, 5) is 24.6. The molecule has 2 amide bonds. The van der Waals surface area contributed by atoms with Crippen molar-refractivity contribution < 1.29 is 14.7 Å². The highest BCUT2D eigenvalue weighted by atomic mass is 16.4. The summed E-state index contributed by atoms with van der Waals surface area (Å²) in [6, 6.07) is -0.000518. The highest BCUT2D eigenvalue weighted by molar-refractivity contribution is 5.74. The molecule has 0 radical (unpaired) electrons. The zero-order chi connectivity index (χ0) is 15.7. The molecule has 1 aliphatic rings. The Morgan fingerprint density at radius 1 is 1.24 bits per heavy atom. The number of urea groups is 1. The molecule has 0 bridgehead atoms. The zero-order valence-electron chi connectivity index (χ0n) is 13.2. The zero-order valence-corrected chi connectivity index (χ0v) is 13.2. The van der Waals surface area contributed by atoms with Crippen molar-refractivity contribution in [1.29, 1.82) is 0 Å². The minimum absolute atomic E-state index is 0.000518. The molecule has 1 heterocycles. The monoisotopic (exact) mass is 299 g/mol. The third kappa shape index (κ3) is 7.32. The molecule has 0 aromatic rings. The topological polar surface area (TPSA) is 81.7 Å². The molecule has 0 spiro atoms. The standard InChI is InChI=1S/C15H29N3O3/c1-12(2)13(4-5-14(19)20)6-8-17-15(21)18-10-3-7-16-9-11-18/h12-13,16H,3-11H2,1-2H3,(H,17,21)(H,19,20). The molecule has 1 unspecified atom stereocenters. The summed E-state index contributed by atoms with van der Waals surface area (Å²) in [7, 11) is 0. The Kier molecular flexibility index (Phi) is 8.12. The number of aliphatic carboxylic acids is 1. The fourth-order valence-corrected chi connectivity index (χ4v) is 2.65. The first-order chi connectivity index (χ1) is 10.0. The maximum Gasteiger partial charge on any atom is 0.317 e. The molecular formula is C15H29N3O3. The molecule has 0 aromatic heterocycles. The summed E-state index contributed by atoms with van der Waals surface area (Å²) in [5, 5.41) is 15.0. The minimum atomic E-state index is -0.748. The van der Waals surface area contributed by atoms with Gasteiger partial charge in [-0.05, 0) is 37.6 Å². The second kappa shape index (κ2) is 9.60. The lowest BCUT2D eigenvalue weighted by atomic mass is 9.88. The first-order valence-corrected chi connectivity index (χ1v) is 7.96. The van der Waals surface area contributed by atoms with Gasteiger partial charge in [-0.25, -0.2) is 4.79 Å². The summed E-state index contributed by atoms with van der Waals surface area (Å²) < 4.78 is 0. The largest absolute Gasteiger partial charge is 0.481 e. The van der Waals surface area contributed by atoms with Crippen LogP contribution in [0.5, 0.6) is 0 Å². The van der Waals surface area contributed by atoms with Crippen molar-refractivity contribution in [3.05, 3.63) is 0 Å². The molecule has 0 saturated carbocycles. The Balaban J connectivity index is 2.28. The molecule has 1 rings (SSSR count). The van der Waals surface area contributed by atoms with E-state index < -0.39 is 5.97 Å². The lowest BCUT2D eigenvalue weighted by Gasteiger charge is -2.23. The maximum absolute atomic E-state index is 12.1. The van der Waals surface area contributed by atoms with Crippen molar-refractivity contribution in [1.82, 2.24) is 15.5 Å². The van der Waals surface area contributed by atoms with Gasteiger partial charge >= 0.3 is 12.0 Å². The van der Waals surface area contributed by atoms with E-state index in [0.29, 0.717) is 24.8 Å². The number of nitrogens with zero attached hydrogens (tertiary/aromatic N) is 1. The number of nitrogens with one attached hydrogen (secondary N) is 2. The van der Waals surface area contributed by atoms with E-state index in [1.165, 1.54) is 0 Å². The van der Waals surface area contributed by atoms with Crippen LogP contribution in [0.15, 0.2) is 0 Å². The van der Waals surface area contributed by atoms with Crippen molar-refractivity contribution in [3.8, 4) is 0 Å². The molecule has 3 N–H and O–H groups in total. The van der Waals surface area contributed by atoms with E-state index in [2.05, 4.69) is 24.5 Å². The van der Waals surface area contributed by atoms with Crippen LogP contribution in [0.3, 0.4) is 0 Å². The van der Waals surface area contributed by atoms with Gasteiger partial charge in [-0.3, -0.25) is 4.79 Å². The highest BCUT2D eigenvalue weighted by Gasteiger charge is 2.17. The minimum Gasteiger partial charge on any atom is -0.481 e. The highest BCUT2D eigenvalue weighted by Crippen LogP contribution is 2.20. The van der Waals surface area contributed by atoms with E-state index >= 15 is 0 Å². The van der Waals surface area contributed by atoms with Gasteiger partial charge in [0.25, 0.3) is 0 Å². The number of hydrogen-bond acceptors (Lipinski definition) is 3. The molecule has 1 aliphatic heterocycles. The number of carboxylic acid groups (broad SMARTS) is 1. The predicted molar refractivity (Wildman–Crippen MR) is 82.3 cm³/mol. The van der Waals surface area contributed by atoms with E-state index in [0.717, 1.165) is 39.0 Å². The van der Waals surface area contributed by atoms with Crippen LogP contribution in [-0.4, -0.2) is 54.7 Å². The van der Waals surface area contributed by atoms with Crippen LogP contribution in [0, 0.1) is 11.8 Å². The lowest BCUT2D eigenvalue weighted by molar-refractivity contribution is -0.137. The van der Waals surface area contributed by atoms with Crippen LogP contribution in [-0.2, 0) is 4.79 Å². The molecule has 21 heavy (non-hydrogen) atoms. The molecule has 0 aliphatic carbocycles. The van der Waals surface area contributed by atoms with Gasteiger partial charge in [-0.15, -0.1) is 0 Å². The van der Waals surface area contributed by atoms with E-state index in [9.17, 15) is 9.59 Å². The number of hydrogen-bond donors (Lipinski definition) is 3. The van der Waals surface area contributed by atoms with E-state index in [1.54, 1.807) is 0 Å². The Morgan fingerprint density at radius 3 is 2.67 bits per heavy atom. The Morgan fingerprint density at radius 2 is 2.00 bits per heavy atom. The summed E-state index contributed by atoms with van der Waals surface area (Å²) in [6.07, 6.45) is 2.70. The maximum atomic E-state index is 12.1. The smallest absolute Gasteiger partial charge is 0.317 e. The molecule has 1 fully saturated rings. The van der Waals surface area contributed by atoms with Gasteiger partial charge in [0.2, 0.25) is 0 Å². The molecule has 6 heteroatoms. The van der Waals surface area contributed by atoms with E-state index in [-0.39, 0.29) is 12.5 Å². The number of carboxylic acids is 1. The molecular weight excluding hydrogens is 270 g/mol. The average molecular weight is 299 g/mol. The van der Waals surface area contributed by atoms with Gasteiger partial charge in [0.1, 0.15) is 0 Å². The fraction of sp³-hybridized carbons (Fsp3) is 0.867. The summed E-state index contributed by atoms with van der Waals surface area (Å²) >= 11 is 0. The van der Waals surface area contributed by atoms with Crippen LogP contribution in [0.25, 0.3) is 0 Å². The molecule has 0 aromatic carbocycles. The van der Waals surface area contributed by atoms with Crippen LogP contribution in [0.2, 0.25) is 0 Å². The third-order valence-electron chi connectivity index (χ3n) is 4.09. The average Bonchev–Trinajstić information content (AvgIpc) is 2.70. The lowest BCUT2D eigenvalue weighted by Crippen LogP contribution is -2.42. The van der Waals surface area contributed by atoms with Crippen molar-refractivity contribution in [2.45, 2.75) is 39.5 Å². The molecule has 122 valence electrons. The van der Waals surface area contributed by atoms with Gasteiger partial charge in [0.15, 0.2) is 0 Å². The quantitative estimate of drug-likeness (QED) is 0.666. The first-order valence-electron chi connectivity index (χ1n) is 7.96. The van der Waals surface area contributed by atoms with Gasteiger partial charge < -0.3 is 20.6 Å².